The largest absolute Gasteiger partial charge is 0.324 e. The van der Waals surface area contributed by atoms with Crippen LogP contribution in [0.3, 0.4) is 0 Å². The van der Waals surface area contributed by atoms with Crippen LogP contribution in [-0.4, -0.2) is 4.98 Å². The van der Waals surface area contributed by atoms with E-state index >= 15 is 0 Å². The quantitative estimate of drug-likeness (QED) is 0.769. The molecule has 1 rings (SSSR count). The third kappa shape index (κ3) is 2.52. The van der Waals surface area contributed by atoms with E-state index in [0.717, 1.165) is 19.3 Å². The molecule has 13 heavy (non-hydrogen) atoms. The Morgan fingerprint density at radius 3 is 2.85 bits per heavy atom. The van der Waals surface area contributed by atoms with Crippen molar-refractivity contribution in [2.24, 2.45) is 5.73 Å². The molecule has 0 unspecified atom stereocenters. The van der Waals surface area contributed by atoms with Crippen LogP contribution < -0.4 is 5.73 Å². The van der Waals surface area contributed by atoms with E-state index in [2.05, 4.69) is 24.9 Å². The first-order valence-corrected chi connectivity index (χ1v) is 4.98. The number of hydrogen-bond donors (Lipinski definition) is 1. The number of nitrogens with zero attached hydrogens (tertiary/aromatic N) is 1. The molecule has 0 aliphatic rings. The predicted molar refractivity (Wildman–Crippen MR) is 55.5 cm³/mol. The van der Waals surface area contributed by atoms with E-state index in [1.807, 2.05) is 12.4 Å². The Labute approximate surface area is 80.2 Å². The van der Waals surface area contributed by atoms with Gasteiger partial charge in [-0.15, -0.1) is 0 Å². The molecule has 0 amide bonds. The van der Waals surface area contributed by atoms with E-state index in [0.29, 0.717) is 0 Å². The molecule has 1 aromatic heterocycles. The maximum absolute atomic E-state index is 6.04. The van der Waals surface area contributed by atoms with Crippen LogP contribution in [0.1, 0.15) is 43.9 Å². The van der Waals surface area contributed by atoms with E-state index in [4.69, 9.17) is 5.73 Å². The summed E-state index contributed by atoms with van der Waals surface area (Å²) < 4.78 is 0. The zero-order valence-electron chi connectivity index (χ0n) is 8.46. The second-order valence-corrected chi connectivity index (χ2v) is 3.32. The summed E-state index contributed by atoms with van der Waals surface area (Å²) in [7, 11) is 0. The smallest absolute Gasteiger partial charge is 0.0318 e. The van der Waals surface area contributed by atoms with Crippen LogP contribution in [0.25, 0.3) is 0 Å². The minimum absolute atomic E-state index is 0.161. The van der Waals surface area contributed by atoms with E-state index in [1.54, 1.807) is 0 Å². The summed E-state index contributed by atoms with van der Waals surface area (Å²) >= 11 is 0. The van der Waals surface area contributed by atoms with Gasteiger partial charge >= 0.3 is 0 Å². The molecule has 1 aromatic rings. The summed E-state index contributed by atoms with van der Waals surface area (Å²) in [6, 6.07) is 2.22. The molecule has 1 atom stereocenters. The van der Waals surface area contributed by atoms with Crippen molar-refractivity contribution < 1.29 is 0 Å². The molecule has 0 aliphatic heterocycles. The molecule has 0 fully saturated rings. The number of hydrogen-bond acceptors (Lipinski definition) is 2. The number of rotatable bonds is 4. The van der Waals surface area contributed by atoms with Crippen molar-refractivity contribution in [3.63, 3.8) is 0 Å². The lowest BCUT2D eigenvalue weighted by molar-refractivity contribution is 0.630. The zero-order valence-corrected chi connectivity index (χ0v) is 8.46. The maximum Gasteiger partial charge on any atom is 0.0318 e. The summed E-state index contributed by atoms with van der Waals surface area (Å²) in [6.07, 6.45) is 6.94. The van der Waals surface area contributed by atoms with Gasteiger partial charge in [-0.25, -0.2) is 0 Å². The van der Waals surface area contributed by atoms with Gasteiger partial charge in [0.05, 0.1) is 0 Å². The van der Waals surface area contributed by atoms with Crippen molar-refractivity contribution in [2.75, 3.05) is 0 Å². The molecule has 0 aliphatic carbocycles. The Morgan fingerprint density at radius 1 is 1.46 bits per heavy atom. The van der Waals surface area contributed by atoms with Gasteiger partial charge in [-0.3, -0.25) is 4.98 Å². The second-order valence-electron chi connectivity index (χ2n) is 3.32. The lowest BCUT2D eigenvalue weighted by Gasteiger charge is -2.13. The Bertz CT molecular complexity index is 258. The molecule has 2 N–H and O–H groups in total. The van der Waals surface area contributed by atoms with Crippen LogP contribution in [0, 0.1) is 0 Å². The first kappa shape index (κ1) is 10.2. The van der Waals surface area contributed by atoms with Crippen molar-refractivity contribution in [1.82, 2.24) is 4.98 Å². The van der Waals surface area contributed by atoms with Crippen molar-refractivity contribution >= 4 is 0 Å². The Morgan fingerprint density at radius 2 is 2.23 bits per heavy atom. The number of pyridine rings is 1. The molecular weight excluding hydrogens is 160 g/mol. The lowest BCUT2D eigenvalue weighted by atomic mass is 9.99. The van der Waals surface area contributed by atoms with Gasteiger partial charge in [-0.1, -0.05) is 20.3 Å². The average molecular weight is 178 g/mol. The number of nitrogens with two attached hydrogens (primary N) is 1. The summed E-state index contributed by atoms with van der Waals surface area (Å²) in [5.74, 6) is 0. The Balaban J connectivity index is 2.85. The van der Waals surface area contributed by atoms with Crippen molar-refractivity contribution in [3.8, 4) is 0 Å². The van der Waals surface area contributed by atoms with Gasteiger partial charge in [0.25, 0.3) is 0 Å². The first-order chi connectivity index (χ1) is 6.29. The van der Waals surface area contributed by atoms with Gasteiger partial charge in [-0.05, 0) is 30.0 Å². The summed E-state index contributed by atoms with van der Waals surface area (Å²) in [5, 5.41) is 0. The van der Waals surface area contributed by atoms with Gasteiger partial charge in [0.1, 0.15) is 0 Å². The molecule has 0 saturated heterocycles. The zero-order chi connectivity index (χ0) is 9.68. The van der Waals surface area contributed by atoms with Crippen LogP contribution in [0.2, 0.25) is 0 Å². The predicted octanol–water partition coefficient (Wildman–Crippen LogP) is 2.44. The van der Waals surface area contributed by atoms with Crippen LogP contribution in [0.4, 0.5) is 0 Å². The minimum Gasteiger partial charge on any atom is -0.324 e. The van der Waals surface area contributed by atoms with Gasteiger partial charge < -0.3 is 5.73 Å². The van der Waals surface area contributed by atoms with Crippen molar-refractivity contribution in [3.05, 3.63) is 29.6 Å². The molecule has 72 valence electrons. The molecule has 0 spiro atoms. The first-order valence-electron chi connectivity index (χ1n) is 4.98. The highest BCUT2D eigenvalue weighted by molar-refractivity contribution is 5.26. The summed E-state index contributed by atoms with van der Waals surface area (Å²) in [6.45, 7) is 4.30. The van der Waals surface area contributed by atoms with Gasteiger partial charge in [0.15, 0.2) is 0 Å². The van der Waals surface area contributed by atoms with Gasteiger partial charge in [0.2, 0.25) is 0 Å². The highest BCUT2D eigenvalue weighted by Gasteiger charge is 2.08. The fourth-order valence-corrected chi connectivity index (χ4v) is 1.56. The highest BCUT2D eigenvalue weighted by Crippen LogP contribution is 2.19. The third-order valence-electron chi connectivity index (χ3n) is 2.33. The fourth-order valence-electron chi connectivity index (χ4n) is 1.56. The highest BCUT2D eigenvalue weighted by atomic mass is 14.7. The van der Waals surface area contributed by atoms with E-state index in [9.17, 15) is 0 Å². The summed E-state index contributed by atoms with van der Waals surface area (Å²) in [4.78, 5) is 4.12. The van der Waals surface area contributed by atoms with Crippen LogP contribution in [0.15, 0.2) is 18.5 Å². The maximum atomic E-state index is 6.04. The molecule has 2 heteroatoms. The molecule has 1 heterocycles. The normalized spacial score (nSPS) is 12.8. The van der Waals surface area contributed by atoms with Crippen LogP contribution >= 0.6 is 0 Å². The van der Waals surface area contributed by atoms with Gasteiger partial charge in [-0.2, -0.15) is 0 Å². The third-order valence-corrected chi connectivity index (χ3v) is 2.33. The number of aromatic nitrogens is 1. The molecule has 2 nitrogen and oxygen atoms in total. The van der Waals surface area contributed by atoms with E-state index in [1.165, 1.54) is 11.1 Å². The monoisotopic (exact) mass is 178 g/mol. The van der Waals surface area contributed by atoms with E-state index in [-0.39, 0.29) is 6.04 Å². The van der Waals surface area contributed by atoms with E-state index < -0.39 is 0 Å². The van der Waals surface area contributed by atoms with Crippen molar-refractivity contribution in [2.45, 2.75) is 39.2 Å². The Hall–Kier alpha value is -0.890. The van der Waals surface area contributed by atoms with Crippen LogP contribution in [0.5, 0.6) is 0 Å². The van der Waals surface area contributed by atoms with Crippen LogP contribution in [-0.2, 0) is 6.42 Å². The lowest BCUT2D eigenvalue weighted by Crippen LogP contribution is -2.12. The molecular formula is C11H18N2. The standard InChI is InChI=1S/C11H18N2/c1-3-5-11(12)10-8-13-7-6-9(10)4-2/h6-8,11H,3-5,12H2,1-2H3/t11-/m0/s1. The average Bonchev–Trinajstić information content (AvgIpc) is 2.18. The van der Waals surface area contributed by atoms with Crippen molar-refractivity contribution in [1.29, 1.82) is 0 Å². The minimum atomic E-state index is 0.161. The fraction of sp³-hybridized carbons (Fsp3) is 0.545. The number of aryl methyl sites for hydroxylation is 1. The second kappa shape index (κ2) is 4.97. The van der Waals surface area contributed by atoms with Gasteiger partial charge in [0, 0.05) is 18.4 Å². The molecule has 0 saturated carbocycles. The topological polar surface area (TPSA) is 38.9 Å². The molecule has 0 radical (unpaired) electrons. The molecule has 0 bridgehead atoms. The SMILES string of the molecule is CCC[C@H](N)c1cnccc1CC. The summed E-state index contributed by atoms with van der Waals surface area (Å²) in [5.41, 5.74) is 8.59. The Kier molecular flexibility index (Phi) is 3.90. The molecule has 0 aromatic carbocycles.